The van der Waals surface area contributed by atoms with Gasteiger partial charge >= 0.3 is 0 Å². The highest BCUT2D eigenvalue weighted by molar-refractivity contribution is 5.35. The lowest BCUT2D eigenvalue weighted by Crippen LogP contribution is -2.01. The molecule has 3 heteroatoms. The van der Waals surface area contributed by atoms with Gasteiger partial charge in [-0.05, 0) is 24.6 Å². The fraction of sp³-hybridized carbons (Fsp3) is 0.600. The number of halogens is 1. The average molecular weight is 254 g/mol. The van der Waals surface area contributed by atoms with E-state index in [1.165, 1.54) is 38.5 Å². The molecule has 1 aromatic carbocycles. The van der Waals surface area contributed by atoms with Gasteiger partial charge in [0.15, 0.2) is 0 Å². The Morgan fingerprint density at radius 3 is 2.61 bits per heavy atom. The molecule has 1 rings (SSSR count). The SMILES string of the molecule is CCCCCCCC(O)c1cc(F)ccc1OC. The van der Waals surface area contributed by atoms with Crippen LogP contribution in [0.4, 0.5) is 4.39 Å². The number of hydrogen-bond donors (Lipinski definition) is 1. The van der Waals surface area contributed by atoms with E-state index in [1.54, 1.807) is 6.07 Å². The molecule has 1 aromatic rings. The lowest BCUT2D eigenvalue weighted by molar-refractivity contribution is 0.159. The minimum atomic E-state index is -0.641. The van der Waals surface area contributed by atoms with Gasteiger partial charge in [0.1, 0.15) is 11.6 Å². The first kappa shape index (κ1) is 15.0. The van der Waals surface area contributed by atoms with Gasteiger partial charge in [-0.15, -0.1) is 0 Å². The van der Waals surface area contributed by atoms with Crippen molar-refractivity contribution in [3.63, 3.8) is 0 Å². The van der Waals surface area contributed by atoms with E-state index in [0.717, 1.165) is 12.8 Å². The zero-order valence-corrected chi connectivity index (χ0v) is 11.3. The van der Waals surface area contributed by atoms with Crippen molar-refractivity contribution in [1.82, 2.24) is 0 Å². The fourth-order valence-electron chi connectivity index (χ4n) is 2.06. The fourth-order valence-corrected chi connectivity index (χ4v) is 2.06. The van der Waals surface area contributed by atoms with E-state index < -0.39 is 6.10 Å². The topological polar surface area (TPSA) is 29.5 Å². The molecule has 2 nitrogen and oxygen atoms in total. The molecule has 1 N–H and O–H groups in total. The van der Waals surface area contributed by atoms with Crippen LogP contribution in [0.15, 0.2) is 18.2 Å². The van der Waals surface area contributed by atoms with Crippen molar-refractivity contribution in [2.45, 2.75) is 51.6 Å². The Hall–Kier alpha value is -1.09. The Labute approximate surface area is 109 Å². The second kappa shape index (κ2) is 8.09. The molecule has 1 unspecified atom stereocenters. The molecule has 0 spiro atoms. The zero-order valence-electron chi connectivity index (χ0n) is 11.3. The summed E-state index contributed by atoms with van der Waals surface area (Å²) in [6, 6.07) is 4.26. The van der Waals surface area contributed by atoms with Crippen LogP contribution >= 0.6 is 0 Å². The number of aliphatic hydroxyl groups excluding tert-OH is 1. The molecule has 0 amide bonds. The minimum absolute atomic E-state index is 0.337. The highest BCUT2D eigenvalue weighted by Crippen LogP contribution is 2.29. The van der Waals surface area contributed by atoms with Gasteiger partial charge in [0, 0.05) is 5.56 Å². The van der Waals surface area contributed by atoms with Crippen molar-refractivity contribution in [3.8, 4) is 5.75 Å². The van der Waals surface area contributed by atoms with Gasteiger partial charge in [-0.2, -0.15) is 0 Å². The number of benzene rings is 1. The summed E-state index contributed by atoms with van der Waals surface area (Å²) < 4.78 is 18.3. The van der Waals surface area contributed by atoms with E-state index in [2.05, 4.69) is 6.92 Å². The molecule has 0 saturated heterocycles. The minimum Gasteiger partial charge on any atom is -0.496 e. The molecular weight excluding hydrogens is 231 g/mol. The third kappa shape index (κ3) is 4.65. The number of unbranched alkanes of at least 4 members (excludes halogenated alkanes) is 4. The summed E-state index contributed by atoms with van der Waals surface area (Å²) in [7, 11) is 1.53. The first-order valence-electron chi connectivity index (χ1n) is 6.70. The highest BCUT2D eigenvalue weighted by atomic mass is 19.1. The predicted molar refractivity (Wildman–Crippen MR) is 71.3 cm³/mol. The molecule has 0 aliphatic rings. The first-order valence-corrected chi connectivity index (χ1v) is 6.70. The lowest BCUT2D eigenvalue weighted by Gasteiger charge is -2.14. The van der Waals surface area contributed by atoms with Crippen LogP contribution in [0.25, 0.3) is 0 Å². The van der Waals surface area contributed by atoms with E-state index >= 15 is 0 Å². The molecule has 0 bridgehead atoms. The first-order chi connectivity index (χ1) is 8.69. The van der Waals surface area contributed by atoms with Crippen molar-refractivity contribution in [1.29, 1.82) is 0 Å². The smallest absolute Gasteiger partial charge is 0.124 e. The number of aliphatic hydroxyl groups is 1. The van der Waals surface area contributed by atoms with Crippen LogP contribution in [0.3, 0.4) is 0 Å². The van der Waals surface area contributed by atoms with Gasteiger partial charge < -0.3 is 9.84 Å². The highest BCUT2D eigenvalue weighted by Gasteiger charge is 2.13. The summed E-state index contributed by atoms with van der Waals surface area (Å²) in [5, 5.41) is 10.1. The largest absolute Gasteiger partial charge is 0.496 e. The summed E-state index contributed by atoms with van der Waals surface area (Å²) >= 11 is 0. The van der Waals surface area contributed by atoms with Gasteiger partial charge in [-0.25, -0.2) is 4.39 Å². The predicted octanol–water partition coefficient (Wildman–Crippen LogP) is 4.23. The van der Waals surface area contributed by atoms with Crippen LogP contribution in [-0.2, 0) is 0 Å². The standard InChI is InChI=1S/C15H23FO2/c1-3-4-5-6-7-8-14(17)13-11-12(16)9-10-15(13)18-2/h9-11,14,17H,3-8H2,1-2H3. The molecule has 18 heavy (non-hydrogen) atoms. The summed E-state index contributed by atoms with van der Waals surface area (Å²) in [6.45, 7) is 2.17. The van der Waals surface area contributed by atoms with Crippen molar-refractivity contribution >= 4 is 0 Å². The van der Waals surface area contributed by atoms with Gasteiger partial charge in [0.25, 0.3) is 0 Å². The number of rotatable bonds is 8. The molecule has 0 heterocycles. The summed E-state index contributed by atoms with van der Waals surface area (Å²) in [6.07, 6.45) is 5.73. The van der Waals surface area contributed by atoms with Crippen molar-refractivity contribution in [2.75, 3.05) is 7.11 Å². The molecule has 102 valence electrons. The third-order valence-electron chi connectivity index (χ3n) is 3.13. The number of methoxy groups -OCH3 is 1. The summed E-state index contributed by atoms with van der Waals surface area (Å²) in [5.74, 6) is 0.216. The van der Waals surface area contributed by atoms with Crippen molar-refractivity contribution in [2.24, 2.45) is 0 Å². The van der Waals surface area contributed by atoms with E-state index in [9.17, 15) is 9.50 Å². The molecular formula is C15H23FO2. The molecule has 0 aromatic heterocycles. The molecule has 0 fully saturated rings. The number of ether oxygens (including phenoxy) is 1. The zero-order chi connectivity index (χ0) is 13.4. The van der Waals surface area contributed by atoms with Crippen molar-refractivity contribution in [3.05, 3.63) is 29.6 Å². The Balaban J connectivity index is 2.49. The monoisotopic (exact) mass is 254 g/mol. The Morgan fingerprint density at radius 1 is 1.22 bits per heavy atom. The summed E-state index contributed by atoms with van der Waals surface area (Å²) in [4.78, 5) is 0. The molecule has 1 atom stereocenters. The van der Waals surface area contributed by atoms with Gasteiger partial charge in [-0.1, -0.05) is 39.0 Å². The van der Waals surface area contributed by atoms with Crippen molar-refractivity contribution < 1.29 is 14.2 Å². The van der Waals surface area contributed by atoms with Crippen LogP contribution in [-0.4, -0.2) is 12.2 Å². The second-order valence-electron chi connectivity index (χ2n) is 4.60. The maximum atomic E-state index is 13.2. The van der Waals surface area contributed by atoms with Crippen LogP contribution in [0.1, 0.15) is 57.1 Å². The molecule has 0 radical (unpaired) electrons. The maximum absolute atomic E-state index is 13.2. The normalized spacial score (nSPS) is 12.4. The molecule has 0 aliphatic carbocycles. The Kier molecular flexibility index (Phi) is 6.73. The van der Waals surface area contributed by atoms with Gasteiger partial charge in [0.2, 0.25) is 0 Å². The Morgan fingerprint density at radius 2 is 1.94 bits per heavy atom. The quantitative estimate of drug-likeness (QED) is 0.703. The average Bonchev–Trinajstić information content (AvgIpc) is 2.38. The van der Waals surface area contributed by atoms with Gasteiger partial charge in [0.05, 0.1) is 13.2 Å². The van der Waals surface area contributed by atoms with E-state index in [0.29, 0.717) is 17.7 Å². The third-order valence-corrected chi connectivity index (χ3v) is 3.13. The van der Waals surface area contributed by atoms with Crippen LogP contribution in [0, 0.1) is 5.82 Å². The van der Waals surface area contributed by atoms with E-state index in [1.807, 2.05) is 0 Å². The van der Waals surface area contributed by atoms with Crippen LogP contribution < -0.4 is 4.74 Å². The maximum Gasteiger partial charge on any atom is 0.124 e. The van der Waals surface area contributed by atoms with Crippen LogP contribution in [0.5, 0.6) is 5.75 Å². The lowest BCUT2D eigenvalue weighted by atomic mass is 10.0. The van der Waals surface area contributed by atoms with E-state index in [-0.39, 0.29) is 5.82 Å². The van der Waals surface area contributed by atoms with Gasteiger partial charge in [-0.3, -0.25) is 0 Å². The Bertz CT molecular complexity index is 352. The van der Waals surface area contributed by atoms with Crippen LogP contribution in [0.2, 0.25) is 0 Å². The van der Waals surface area contributed by atoms with E-state index in [4.69, 9.17) is 4.74 Å². The number of hydrogen-bond acceptors (Lipinski definition) is 2. The molecule has 0 aliphatic heterocycles. The second-order valence-corrected chi connectivity index (χ2v) is 4.60. The molecule has 0 saturated carbocycles. The summed E-state index contributed by atoms with van der Waals surface area (Å²) in [5.41, 5.74) is 0.549.